The van der Waals surface area contributed by atoms with E-state index in [4.69, 9.17) is 15.4 Å². The summed E-state index contributed by atoms with van der Waals surface area (Å²) in [5, 5.41) is 2.35. The van der Waals surface area contributed by atoms with Crippen LogP contribution in [0.25, 0.3) is 0 Å². The van der Waals surface area contributed by atoms with Crippen molar-refractivity contribution in [2.24, 2.45) is 0 Å². The van der Waals surface area contributed by atoms with Gasteiger partial charge in [-0.05, 0) is 12.5 Å². The number of rotatable bonds is 6. The van der Waals surface area contributed by atoms with E-state index in [1.54, 1.807) is 0 Å². The minimum Gasteiger partial charge on any atom is -0.385 e. The molecule has 0 saturated heterocycles. The summed E-state index contributed by atoms with van der Waals surface area (Å²) in [5.74, 6) is -3.38. The van der Waals surface area contributed by atoms with E-state index in [1.807, 2.05) is 0 Å². The molecule has 5 nitrogen and oxygen atoms in total. The van der Waals surface area contributed by atoms with Crippen LogP contribution in [0.3, 0.4) is 0 Å². The summed E-state index contributed by atoms with van der Waals surface area (Å²) >= 11 is 0. The van der Waals surface area contributed by atoms with E-state index < -0.39 is 37.1 Å². The summed E-state index contributed by atoms with van der Waals surface area (Å²) in [4.78, 5) is 10.7. The second-order valence-corrected chi connectivity index (χ2v) is 6.34. The van der Waals surface area contributed by atoms with Gasteiger partial charge in [0.05, 0.1) is 5.56 Å². The van der Waals surface area contributed by atoms with Crippen LogP contribution in [0.15, 0.2) is 17.0 Å². The molecule has 0 bridgehead atoms. The summed E-state index contributed by atoms with van der Waals surface area (Å²) in [5.41, 5.74) is -0.594. The summed E-state index contributed by atoms with van der Waals surface area (Å²) in [6.07, 6.45) is 0.492. The molecule has 0 heterocycles. The van der Waals surface area contributed by atoms with Crippen LogP contribution < -0.4 is 5.32 Å². The number of methoxy groups -OCH3 is 1. The second-order valence-electron chi connectivity index (χ2n) is 3.80. The number of carbonyl (C=O) groups is 1. The monoisotopic (exact) mass is 327 g/mol. The number of amides is 1. The van der Waals surface area contributed by atoms with Crippen molar-refractivity contribution in [3.8, 4) is 0 Å². The molecule has 0 aliphatic rings. The number of ether oxygens (including phenoxy) is 1. The van der Waals surface area contributed by atoms with Crippen LogP contribution in [-0.4, -0.2) is 34.6 Å². The SMILES string of the molecule is COCCCNC(=O)c1cc(S(=O)(=O)Cl)c(F)cc1F. The van der Waals surface area contributed by atoms with Crippen molar-refractivity contribution in [1.29, 1.82) is 0 Å². The molecule has 1 aromatic rings. The first-order chi connectivity index (χ1) is 9.27. The molecule has 0 saturated carbocycles. The summed E-state index contributed by atoms with van der Waals surface area (Å²) in [6, 6.07) is 0.873. The van der Waals surface area contributed by atoms with Crippen LogP contribution in [0.4, 0.5) is 8.78 Å². The standard InChI is InChI=1S/C11H12ClF2NO4S/c1-19-4-2-3-15-11(16)7-5-10(20(12,17)18)9(14)6-8(7)13/h5-6H,2-4H2,1H3,(H,15,16). The Balaban J connectivity index is 2.98. The largest absolute Gasteiger partial charge is 0.385 e. The third kappa shape index (κ3) is 4.39. The predicted octanol–water partition coefficient (Wildman–Crippen LogP) is 1.66. The Bertz CT molecular complexity index is 607. The van der Waals surface area contributed by atoms with Crippen molar-refractivity contribution >= 4 is 25.6 Å². The highest BCUT2D eigenvalue weighted by atomic mass is 35.7. The fourth-order valence-electron chi connectivity index (χ4n) is 1.40. The van der Waals surface area contributed by atoms with Gasteiger partial charge >= 0.3 is 0 Å². The molecular weight excluding hydrogens is 316 g/mol. The fraction of sp³-hybridized carbons (Fsp3) is 0.364. The number of hydrogen-bond acceptors (Lipinski definition) is 4. The molecular formula is C11H12ClF2NO4S. The van der Waals surface area contributed by atoms with Gasteiger partial charge in [-0.15, -0.1) is 0 Å². The average molecular weight is 328 g/mol. The molecule has 20 heavy (non-hydrogen) atoms. The quantitative estimate of drug-likeness (QED) is 0.637. The summed E-state index contributed by atoms with van der Waals surface area (Å²) in [7, 11) is 2.08. The van der Waals surface area contributed by atoms with E-state index in [1.165, 1.54) is 7.11 Å². The fourth-order valence-corrected chi connectivity index (χ4v) is 2.31. The molecule has 112 valence electrons. The molecule has 0 spiro atoms. The van der Waals surface area contributed by atoms with Crippen LogP contribution in [0, 0.1) is 11.6 Å². The summed E-state index contributed by atoms with van der Waals surface area (Å²) < 4.78 is 53.7. The van der Waals surface area contributed by atoms with Crippen molar-refractivity contribution in [2.45, 2.75) is 11.3 Å². The van der Waals surface area contributed by atoms with Gasteiger partial charge in [-0.2, -0.15) is 0 Å². The minimum atomic E-state index is -4.40. The summed E-state index contributed by atoms with van der Waals surface area (Å²) in [6.45, 7) is 0.597. The maximum Gasteiger partial charge on any atom is 0.264 e. The van der Waals surface area contributed by atoms with Gasteiger partial charge in [0.2, 0.25) is 0 Å². The topological polar surface area (TPSA) is 72.5 Å². The normalized spacial score (nSPS) is 11.4. The predicted molar refractivity (Wildman–Crippen MR) is 68.2 cm³/mol. The van der Waals surface area contributed by atoms with Crippen LogP contribution >= 0.6 is 10.7 Å². The third-order valence-electron chi connectivity index (χ3n) is 2.34. The van der Waals surface area contributed by atoms with Gasteiger partial charge in [0, 0.05) is 37.0 Å². The molecule has 0 atom stereocenters. The highest BCUT2D eigenvalue weighted by Crippen LogP contribution is 2.22. The Kier molecular flexibility index (Phi) is 5.85. The van der Waals surface area contributed by atoms with Crippen molar-refractivity contribution < 1.29 is 26.7 Å². The lowest BCUT2D eigenvalue weighted by atomic mass is 10.2. The number of hydrogen-bond donors (Lipinski definition) is 1. The maximum atomic E-state index is 13.5. The van der Waals surface area contributed by atoms with Crippen molar-refractivity contribution in [3.63, 3.8) is 0 Å². The lowest BCUT2D eigenvalue weighted by Gasteiger charge is -2.07. The molecule has 0 unspecified atom stereocenters. The zero-order chi connectivity index (χ0) is 15.3. The van der Waals surface area contributed by atoms with Crippen molar-refractivity contribution in [1.82, 2.24) is 5.32 Å². The zero-order valence-corrected chi connectivity index (χ0v) is 12.0. The Morgan fingerprint density at radius 2 is 2.00 bits per heavy atom. The smallest absolute Gasteiger partial charge is 0.264 e. The molecule has 0 fully saturated rings. The Hall–Kier alpha value is -1.25. The van der Waals surface area contributed by atoms with E-state index in [2.05, 4.69) is 5.32 Å². The highest BCUT2D eigenvalue weighted by molar-refractivity contribution is 8.13. The Labute approximate surface area is 119 Å². The number of benzene rings is 1. The Morgan fingerprint density at radius 3 is 2.55 bits per heavy atom. The van der Waals surface area contributed by atoms with Crippen LogP contribution in [-0.2, 0) is 13.8 Å². The van der Waals surface area contributed by atoms with E-state index >= 15 is 0 Å². The molecule has 9 heteroatoms. The average Bonchev–Trinajstić information content (AvgIpc) is 2.32. The molecule has 0 aromatic heterocycles. The van der Waals surface area contributed by atoms with Gasteiger partial charge in [0.15, 0.2) is 0 Å². The Morgan fingerprint density at radius 1 is 1.35 bits per heavy atom. The number of carbonyl (C=O) groups excluding carboxylic acids is 1. The lowest BCUT2D eigenvalue weighted by molar-refractivity contribution is 0.0944. The number of halogens is 3. The maximum absolute atomic E-state index is 13.5. The van der Waals surface area contributed by atoms with E-state index in [9.17, 15) is 22.0 Å². The van der Waals surface area contributed by atoms with Gasteiger partial charge in [0.25, 0.3) is 15.0 Å². The van der Waals surface area contributed by atoms with E-state index in [-0.39, 0.29) is 6.54 Å². The highest BCUT2D eigenvalue weighted by Gasteiger charge is 2.22. The molecule has 1 aromatic carbocycles. The molecule has 1 N–H and O–H groups in total. The molecule has 0 aliphatic carbocycles. The van der Waals surface area contributed by atoms with E-state index in [0.717, 1.165) is 0 Å². The van der Waals surface area contributed by atoms with Crippen LogP contribution in [0.1, 0.15) is 16.8 Å². The van der Waals surface area contributed by atoms with Gasteiger partial charge < -0.3 is 10.1 Å². The second kappa shape index (κ2) is 6.96. The first-order valence-corrected chi connectivity index (χ1v) is 7.79. The molecule has 1 amide bonds. The van der Waals surface area contributed by atoms with Gasteiger partial charge in [-0.25, -0.2) is 17.2 Å². The molecule has 0 radical (unpaired) electrons. The van der Waals surface area contributed by atoms with Gasteiger partial charge in [0.1, 0.15) is 16.5 Å². The first-order valence-electron chi connectivity index (χ1n) is 5.48. The lowest BCUT2D eigenvalue weighted by Crippen LogP contribution is -2.26. The number of nitrogens with one attached hydrogen (secondary N) is 1. The minimum absolute atomic E-state index is 0.201. The molecule has 0 aliphatic heterocycles. The first kappa shape index (κ1) is 16.8. The van der Waals surface area contributed by atoms with Crippen molar-refractivity contribution in [2.75, 3.05) is 20.3 Å². The molecule has 1 rings (SSSR count). The van der Waals surface area contributed by atoms with Crippen LogP contribution in [0.5, 0.6) is 0 Å². The van der Waals surface area contributed by atoms with E-state index in [0.29, 0.717) is 25.2 Å². The van der Waals surface area contributed by atoms with Crippen LogP contribution in [0.2, 0.25) is 0 Å². The van der Waals surface area contributed by atoms with Gasteiger partial charge in [-0.1, -0.05) is 0 Å². The third-order valence-corrected chi connectivity index (χ3v) is 3.68. The zero-order valence-electron chi connectivity index (χ0n) is 10.5. The van der Waals surface area contributed by atoms with Gasteiger partial charge in [-0.3, -0.25) is 4.79 Å². The van der Waals surface area contributed by atoms with Crippen molar-refractivity contribution in [3.05, 3.63) is 29.3 Å².